The minimum atomic E-state index is -3.53. The molecule has 23 heavy (non-hydrogen) atoms. The first kappa shape index (κ1) is 18.1. The average molecular weight is 356 g/mol. The summed E-state index contributed by atoms with van der Waals surface area (Å²) in [6.07, 6.45) is 2.12. The first-order chi connectivity index (χ1) is 10.3. The highest BCUT2D eigenvalue weighted by molar-refractivity contribution is 7.89. The van der Waals surface area contributed by atoms with Crippen molar-refractivity contribution in [2.24, 2.45) is 11.1 Å². The van der Waals surface area contributed by atoms with Crippen LogP contribution in [0.25, 0.3) is 10.9 Å². The number of nitrogens with two attached hydrogens (primary N) is 1. The lowest BCUT2D eigenvalue weighted by atomic mass is 9.81. The highest BCUT2D eigenvalue weighted by Gasteiger charge is 2.38. The second kappa shape index (κ2) is 6.36. The fourth-order valence-electron chi connectivity index (χ4n) is 2.87. The Balaban J connectivity index is 0.00000192. The molecule has 2 aromatic rings. The molecule has 1 atom stereocenters. The number of hydrogen-bond acceptors (Lipinski definition) is 4. The lowest BCUT2D eigenvalue weighted by Gasteiger charge is -2.41. The van der Waals surface area contributed by atoms with Gasteiger partial charge in [-0.05, 0) is 24.0 Å². The van der Waals surface area contributed by atoms with Crippen molar-refractivity contribution in [2.75, 3.05) is 13.1 Å². The van der Waals surface area contributed by atoms with Crippen molar-refractivity contribution in [3.05, 3.63) is 36.5 Å². The van der Waals surface area contributed by atoms with Crippen molar-refractivity contribution in [3.63, 3.8) is 0 Å². The van der Waals surface area contributed by atoms with Crippen LogP contribution in [0.5, 0.6) is 0 Å². The van der Waals surface area contributed by atoms with Gasteiger partial charge in [0.15, 0.2) is 0 Å². The third kappa shape index (κ3) is 3.35. The third-order valence-electron chi connectivity index (χ3n) is 4.48. The summed E-state index contributed by atoms with van der Waals surface area (Å²) in [6.45, 7) is 4.92. The molecule has 0 radical (unpaired) electrons. The van der Waals surface area contributed by atoms with Gasteiger partial charge in [-0.1, -0.05) is 32.0 Å². The molecule has 2 N–H and O–H groups in total. The molecular weight excluding hydrogens is 334 g/mol. The second-order valence-electron chi connectivity index (χ2n) is 6.59. The van der Waals surface area contributed by atoms with E-state index in [0.717, 1.165) is 10.9 Å². The fraction of sp³-hybridized carbons (Fsp3) is 0.438. The summed E-state index contributed by atoms with van der Waals surface area (Å²) < 4.78 is 27.3. The summed E-state index contributed by atoms with van der Waals surface area (Å²) >= 11 is 0. The van der Waals surface area contributed by atoms with Crippen LogP contribution < -0.4 is 5.73 Å². The number of nitrogens with zero attached hydrogens (tertiary/aromatic N) is 2. The molecule has 1 aliphatic rings. The number of piperidine rings is 1. The summed E-state index contributed by atoms with van der Waals surface area (Å²) in [4.78, 5) is 4.51. The van der Waals surface area contributed by atoms with Crippen LogP contribution >= 0.6 is 12.4 Å². The van der Waals surface area contributed by atoms with Crippen LogP contribution in [-0.2, 0) is 10.0 Å². The van der Waals surface area contributed by atoms with Crippen molar-refractivity contribution >= 4 is 33.3 Å². The SMILES string of the molecule is CC1(C)CN(S(=O)(=O)c2cnc3ccccc3c2)CCC1N.Cl. The van der Waals surface area contributed by atoms with E-state index in [-0.39, 0.29) is 28.8 Å². The average Bonchev–Trinajstić information content (AvgIpc) is 2.49. The first-order valence-electron chi connectivity index (χ1n) is 7.41. The van der Waals surface area contributed by atoms with Crippen LogP contribution in [0, 0.1) is 5.41 Å². The molecular formula is C16H22ClN3O2S. The van der Waals surface area contributed by atoms with E-state index in [1.54, 1.807) is 6.07 Å². The van der Waals surface area contributed by atoms with Crippen LogP contribution in [0.3, 0.4) is 0 Å². The van der Waals surface area contributed by atoms with Crippen molar-refractivity contribution in [1.82, 2.24) is 9.29 Å². The Morgan fingerprint density at radius 3 is 2.70 bits per heavy atom. The van der Waals surface area contributed by atoms with Gasteiger partial charge < -0.3 is 5.73 Å². The molecule has 0 amide bonds. The van der Waals surface area contributed by atoms with Crippen LogP contribution in [0.1, 0.15) is 20.3 Å². The zero-order valence-electron chi connectivity index (χ0n) is 13.3. The monoisotopic (exact) mass is 355 g/mol. The Hall–Kier alpha value is -1.21. The topological polar surface area (TPSA) is 76.3 Å². The Labute approximate surface area is 143 Å². The Kier molecular flexibility index (Phi) is 5.01. The predicted molar refractivity (Wildman–Crippen MR) is 94.1 cm³/mol. The highest BCUT2D eigenvalue weighted by Crippen LogP contribution is 2.31. The van der Waals surface area contributed by atoms with Crippen molar-refractivity contribution < 1.29 is 8.42 Å². The van der Waals surface area contributed by atoms with Gasteiger partial charge >= 0.3 is 0 Å². The lowest BCUT2D eigenvalue weighted by Crippen LogP contribution is -2.53. The molecule has 0 bridgehead atoms. The zero-order valence-corrected chi connectivity index (χ0v) is 14.9. The number of sulfonamides is 1. The quantitative estimate of drug-likeness (QED) is 0.897. The number of halogens is 1. The van der Waals surface area contributed by atoms with Gasteiger partial charge in [0, 0.05) is 30.7 Å². The Morgan fingerprint density at radius 1 is 1.30 bits per heavy atom. The summed E-state index contributed by atoms with van der Waals surface area (Å²) in [5, 5.41) is 0.830. The van der Waals surface area contributed by atoms with E-state index in [1.807, 2.05) is 38.1 Å². The molecule has 5 nitrogen and oxygen atoms in total. The molecule has 3 rings (SSSR count). The minimum Gasteiger partial charge on any atom is -0.327 e. The molecule has 0 spiro atoms. The summed E-state index contributed by atoms with van der Waals surface area (Å²) in [5.74, 6) is 0. The molecule has 0 saturated carbocycles. The number of pyridine rings is 1. The molecule has 1 aromatic heterocycles. The number of hydrogen-bond donors (Lipinski definition) is 1. The summed E-state index contributed by atoms with van der Waals surface area (Å²) in [5.41, 5.74) is 6.66. The van der Waals surface area contributed by atoms with Crippen LogP contribution in [0.4, 0.5) is 0 Å². The van der Waals surface area contributed by atoms with E-state index >= 15 is 0 Å². The molecule has 1 unspecified atom stereocenters. The number of rotatable bonds is 2. The van der Waals surface area contributed by atoms with E-state index in [9.17, 15) is 8.42 Å². The molecule has 1 aromatic carbocycles. The molecule has 1 fully saturated rings. The van der Waals surface area contributed by atoms with Gasteiger partial charge in [0.1, 0.15) is 4.90 Å². The van der Waals surface area contributed by atoms with Crippen molar-refractivity contribution in [2.45, 2.75) is 31.2 Å². The maximum Gasteiger partial charge on any atom is 0.244 e. The standard InChI is InChI=1S/C16H21N3O2S.ClH/c1-16(2)11-19(8-7-15(16)17)22(20,21)13-9-12-5-3-4-6-14(12)18-10-13;/h3-6,9-10,15H,7-8,11,17H2,1-2H3;1H. The van der Waals surface area contributed by atoms with Crippen LogP contribution in [0.2, 0.25) is 0 Å². The van der Waals surface area contributed by atoms with Crippen molar-refractivity contribution in [3.8, 4) is 0 Å². The van der Waals surface area contributed by atoms with Gasteiger partial charge in [-0.25, -0.2) is 8.42 Å². The smallest absolute Gasteiger partial charge is 0.244 e. The number of para-hydroxylation sites is 1. The fourth-order valence-corrected chi connectivity index (χ4v) is 4.48. The number of fused-ring (bicyclic) bond motifs is 1. The molecule has 1 aliphatic heterocycles. The second-order valence-corrected chi connectivity index (χ2v) is 8.52. The largest absolute Gasteiger partial charge is 0.327 e. The molecule has 7 heteroatoms. The molecule has 126 valence electrons. The first-order valence-corrected chi connectivity index (χ1v) is 8.85. The summed E-state index contributed by atoms with van der Waals surface area (Å²) in [7, 11) is -3.53. The van der Waals surface area contributed by atoms with Gasteiger partial charge in [-0.2, -0.15) is 4.31 Å². The summed E-state index contributed by atoms with van der Waals surface area (Å²) in [6, 6.07) is 9.22. The third-order valence-corrected chi connectivity index (χ3v) is 6.29. The van der Waals surface area contributed by atoms with Crippen LogP contribution in [-0.4, -0.2) is 36.8 Å². The van der Waals surface area contributed by atoms with Gasteiger partial charge in [-0.3, -0.25) is 4.98 Å². The van der Waals surface area contributed by atoms with E-state index in [1.165, 1.54) is 10.5 Å². The normalized spacial score (nSPS) is 21.8. The Bertz CT molecular complexity index is 808. The molecule has 0 aliphatic carbocycles. The number of benzene rings is 1. The maximum absolute atomic E-state index is 12.9. The number of aromatic nitrogens is 1. The van der Waals surface area contributed by atoms with Crippen molar-refractivity contribution in [1.29, 1.82) is 0 Å². The van der Waals surface area contributed by atoms with Gasteiger partial charge in [0.2, 0.25) is 10.0 Å². The molecule has 2 heterocycles. The lowest BCUT2D eigenvalue weighted by molar-refractivity contribution is 0.155. The van der Waals surface area contributed by atoms with E-state index in [2.05, 4.69) is 4.98 Å². The van der Waals surface area contributed by atoms with Gasteiger partial charge in [0.05, 0.1) is 5.52 Å². The van der Waals surface area contributed by atoms with Gasteiger partial charge in [0.25, 0.3) is 0 Å². The zero-order chi connectivity index (χ0) is 16.0. The maximum atomic E-state index is 12.9. The van der Waals surface area contributed by atoms with E-state index in [0.29, 0.717) is 19.5 Å². The van der Waals surface area contributed by atoms with E-state index < -0.39 is 10.0 Å². The molecule has 1 saturated heterocycles. The minimum absolute atomic E-state index is 0. The predicted octanol–water partition coefficient (Wildman–Crippen LogP) is 2.40. The van der Waals surface area contributed by atoms with E-state index in [4.69, 9.17) is 5.73 Å². The Morgan fingerprint density at radius 2 is 2.00 bits per heavy atom. The van der Waals surface area contributed by atoms with Gasteiger partial charge in [-0.15, -0.1) is 12.4 Å². The van der Waals surface area contributed by atoms with Crippen LogP contribution in [0.15, 0.2) is 41.4 Å². The highest BCUT2D eigenvalue weighted by atomic mass is 35.5.